The van der Waals surface area contributed by atoms with Crippen molar-refractivity contribution in [2.75, 3.05) is 13.1 Å². The quantitative estimate of drug-likeness (QED) is 0.631. The van der Waals surface area contributed by atoms with Crippen LogP contribution in [0.3, 0.4) is 0 Å². The van der Waals surface area contributed by atoms with Crippen LogP contribution in [0.5, 0.6) is 0 Å². The number of nitrogens with zero attached hydrogens (tertiary/aromatic N) is 3. The molecule has 108 valence electrons. The number of hydrogen-bond acceptors (Lipinski definition) is 4. The molecule has 0 bridgehead atoms. The Balaban J connectivity index is 2.54. The molecule has 1 aromatic rings. The van der Waals surface area contributed by atoms with E-state index in [1.807, 2.05) is 13.8 Å². The summed E-state index contributed by atoms with van der Waals surface area (Å²) >= 11 is 0. The molecule has 6 heteroatoms. The molecule has 0 fully saturated rings. The zero-order chi connectivity index (χ0) is 15.0. The van der Waals surface area contributed by atoms with Gasteiger partial charge in [0.1, 0.15) is 0 Å². The van der Waals surface area contributed by atoms with Gasteiger partial charge in [-0.2, -0.15) is 5.10 Å². The van der Waals surface area contributed by atoms with Crippen LogP contribution in [0.4, 0.5) is 0 Å². The molecule has 1 N–H and O–H groups in total. The first-order chi connectivity index (χ1) is 9.58. The lowest BCUT2D eigenvalue weighted by molar-refractivity contribution is -0.129. The largest absolute Gasteiger partial charge is 0.343 e. The van der Waals surface area contributed by atoms with Crippen molar-refractivity contribution in [3.63, 3.8) is 0 Å². The van der Waals surface area contributed by atoms with Gasteiger partial charge in [-0.1, -0.05) is 0 Å². The lowest BCUT2D eigenvalue weighted by atomic mass is 10.2. The van der Waals surface area contributed by atoms with Crippen LogP contribution in [0.2, 0.25) is 0 Å². The van der Waals surface area contributed by atoms with Gasteiger partial charge in [-0.3, -0.25) is 14.6 Å². The van der Waals surface area contributed by atoms with Crippen LogP contribution >= 0.6 is 0 Å². The minimum atomic E-state index is -0.318. The molecule has 0 aliphatic heterocycles. The SMILES string of the molecule is CCN(CC)C(=O)C/C(C)=N\NC(=O)c1ccncc1. The molecule has 0 aliphatic rings. The van der Waals surface area contributed by atoms with E-state index in [4.69, 9.17) is 0 Å². The minimum absolute atomic E-state index is 0.00871. The summed E-state index contributed by atoms with van der Waals surface area (Å²) < 4.78 is 0. The van der Waals surface area contributed by atoms with Crippen molar-refractivity contribution in [2.45, 2.75) is 27.2 Å². The molecule has 2 amide bonds. The first-order valence-electron chi connectivity index (χ1n) is 6.59. The van der Waals surface area contributed by atoms with Crippen molar-refractivity contribution in [3.05, 3.63) is 30.1 Å². The van der Waals surface area contributed by atoms with E-state index in [0.29, 0.717) is 24.4 Å². The second-order valence-corrected chi connectivity index (χ2v) is 4.27. The minimum Gasteiger partial charge on any atom is -0.343 e. The van der Waals surface area contributed by atoms with E-state index in [-0.39, 0.29) is 18.2 Å². The van der Waals surface area contributed by atoms with Crippen molar-refractivity contribution < 1.29 is 9.59 Å². The highest BCUT2D eigenvalue weighted by Gasteiger charge is 2.11. The maximum Gasteiger partial charge on any atom is 0.271 e. The predicted octanol–water partition coefficient (Wildman–Crippen LogP) is 1.45. The van der Waals surface area contributed by atoms with Gasteiger partial charge in [-0.15, -0.1) is 0 Å². The topological polar surface area (TPSA) is 74.7 Å². The second kappa shape index (κ2) is 8.04. The number of amides is 2. The highest BCUT2D eigenvalue weighted by atomic mass is 16.2. The van der Waals surface area contributed by atoms with E-state index in [0.717, 1.165) is 0 Å². The Morgan fingerprint density at radius 2 is 1.85 bits per heavy atom. The van der Waals surface area contributed by atoms with E-state index in [2.05, 4.69) is 15.5 Å². The third-order valence-corrected chi connectivity index (χ3v) is 2.81. The van der Waals surface area contributed by atoms with Crippen LogP contribution in [0.25, 0.3) is 0 Å². The summed E-state index contributed by atoms with van der Waals surface area (Å²) in [5.41, 5.74) is 3.48. The Hall–Kier alpha value is -2.24. The van der Waals surface area contributed by atoms with Crippen molar-refractivity contribution in [3.8, 4) is 0 Å². The molecule has 6 nitrogen and oxygen atoms in total. The Labute approximate surface area is 118 Å². The summed E-state index contributed by atoms with van der Waals surface area (Å²) in [5, 5.41) is 3.94. The van der Waals surface area contributed by atoms with E-state index in [9.17, 15) is 9.59 Å². The normalized spacial score (nSPS) is 11.1. The fourth-order valence-electron chi connectivity index (χ4n) is 1.66. The molecule has 0 aromatic carbocycles. The fraction of sp³-hybridized carbons (Fsp3) is 0.429. The smallest absolute Gasteiger partial charge is 0.271 e. The first-order valence-corrected chi connectivity index (χ1v) is 6.59. The van der Waals surface area contributed by atoms with Crippen LogP contribution in [0, 0.1) is 0 Å². The highest BCUT2D eigenvalue weighted by molar-refractivity contribution is 6.01. The molecule has 1 heterocycles. The van der Waals surface area contributed by atoms with E-state index in [1.165, 1.54) is 12.4 Å². The van der Waals surface area contributed by atoms with Gasteiger partial charge in [0, 0.05) is 36.8 Å². The van der Waals surface area contributed by atoms with E-state index >= 15 is 0 Å². The molecule has 0 saturated carbocycles. The van der Waals surface area contributed by atoms with Crippen molar-refractivity contribution in [1.29, 1.82) is 0 Å². The zero-order valence-corrected chi connectivity index (χ0v) is 12.1. The van der Waals surface area contributed by atoms with Crippen LogP contribution in [0.15, 0.2) is 29.6 Å². The Bertz CT molecular complexity index is 481. The number of pyridine rings is 1. The van der Waals surface area contributed by atoms with Gasteiger partial charge in [0.2, 0.25) is 5.91 Å². The van der Waals surface area contributed by atoms with Crippen LogP contribution in [0.1, 0.15) is 37.6 Å². The molecular weight excluding hydrogens is 256 g/mol. The number of carbonyl (C=O) groups excluding carboxylic acids is 2. The first kappa shape index (κ1) is 15.8. The summed E-state index contributed by atoms with van der Waals surface area (Å²) in [4.78, 5) is 29.2. The summed E-state index contributed by atoms with van der Waals surface area (Å²) in [6.45, 7) is 6.92. The van der Waals surface area contributed by atoms with Gasteiger partial charge in [-0.25, -0.2) is 5.43 Å². The third kappa shape index (κ3) is 4.79. The average molecular weight is 276 g/mol. The lowest BCUT2D eigenvalue weighted by Gasteiger charge is -2.18. The van der Waals surface area contributed by atoms with Crippen molar-refractivity contribution in [2.24, 2.45) is 5.10 Å². The number of hydrazone groups is 1. The number of nitrogens with one attached hydrogen (secondary N) is 1. The molecule has 20 heavy (non-hydrogen) atoms. The van der Waals surface area contributed by atoms with Gasteiger partial charge in [-0.05, 0) is 32.9 Å². The molecule has 0 saturated heterocycles. The maximum absolute atomic E-state index is 11.9. The summed E-state index contributed by atoms with van der Waals surface area (Å²) in [6, 6.07) is 3.20. The zero-order valence-electron chi connectivity index (χ0n) is 12.1. The van der Waals surface area contributed by atoms with E-state index in [1.54, 1.807) is 24.0 Å². The van der Waals surface area contributed by atoms with Gasteiger partial charge in [0.05, 0.1) is 6.42 Å². The molecule has 0 spiro atoms. The van der Waals surface area contributed by atoms with Gasteiger partial charge in [0.25, 0.3) is 5.91 Å². The summed E-state index contributed by atoms with van der Waals surface area (Å²) in [5.74, 6) is -0.309. The third-order valence-electron chi connectivity index (χ3n) is 2.81. The molecule has 0 atom stereocenters. The van der Waals surface area contributed by atoms with Crippen LogP contribution < -0.4 is 5.43 Å². The highest BCUT2D eigenvalue weighted by Crippen LogP contribution is 1.98. The number of rotatable bonds is 6. The Kier molecular flexibility index (Phi) is 6.36. The number of aromatic nitrogens is 1. The Morgan fingerprint density at radius 1 is 1.25 bits per heavy atom. The molecular formula is C14H20N4O2. The molecule has 0 radical (unpaired) electrons. The molecule has 1 rings (SSSR count). The monoisotopic (exact) mass is 276 g/mol. The Morgan fingerprint density at radius 3 is 2.40 bits per heavy atom. The van der Waals surface area contributed by atoms with Crippen LogP contribution in [-0.4, -0.2) is 40.5 Å². The van der Waals surface area contributed by atoms with Crippen molar-refractivity contribution in [1.82, 2.24) is 15.3 Å². The predicted molar refractivity (Wildman–Crippen MR) is 77.4 cm³/mol. The summed E-state index contributed by atoms with van der Waals surface area (Å²) in [6.07, 6.45) is 3.28. The van der Waals surface area contributed by atoms with Gasteiger partial charge in [0.15, 0.2) is 0 Å². The number of hydrogen-bond donors (Lipinski definition) is 1. The summed E-state index contributed by atoms with van der Waals surface area (Å²) in [7, 11) is 0. The lowest BCUT2D eigenvalue weighted by Crippen LogP contribution is -2.32. The number of carbonyl (C=O) groups is 2. The average Bonchev–Trinajstić information content (AvgIpc) is 2.47. The molecule has 0 unspecified atom stereocenters. The fourth-order valence-corrected chi connectivity index (χ4v) is 1.66. The van der Waals surface area contributed by atoms with Gasteiger partial charge < -0.3 is 4.90 Å². The molecule has 0 aliphatic carbocycles. The maximum atomic E-state index is 11.9. The second-order valence-electron chi connectivity index (χ2n) is 4.27. The van der Waals surface area contributed by atoms with Gasteiger partial charge >= 0.3 is 0 Å². The standard InChI is InChI=1S/C14H20N4O2/c1-4-18(5-2)13(19)10-11(3)16-17-14(20)12-6-8-15-9-7-12/h6-9H,4-5,10H2,1-3H3,(H,17,20)/b16-11-. The molecule has 1 aromatic heterocycles. The van der Waals surface area contributed by atoms with Crippen LogP contribution in [-0.2, 0) is 4.79 Å². The van der Waals surface area contributed by atoms with E-state index < -0.39 is 0 Å². The van der Waals surface area contributed by atoms with Crippen molar-refractivity contribution >= 4 is 17.5 Å².